The van der Waals surface area contributed by atoms with Gasteiger partial charge in [0, 0.05) is 23.1 Å². The van der Waals surface area contributed by atoms with Crippen molar-refractivity contribution in [3.05, 3.63) is 74.0 Å². The standard InChI is InChI=1S/C23H19Cl2N5O3/c24-14-3-1-13(2-4-14)22(31)29-9-7-16(8-10-29)33-21-18(12-26)20-27-19-6-5-15(25)11-17(19)23(32)30(20)28-21/h1-6,11,16,22,27,31H,7-10H2. The van der Waals surface area contributed by atoms with E-state index in [1.165, 1.54) is 0 Å². The Morgan fingerprint density at radius 2 is 1.85 bits per heavy atom. The summed E-state index contributed by atoms with van der Waals surface area (Å²) in [7, 11) is 0. The highest BCUT2D eigenvalue weighted by Gasteiger charge is 2.28. The average Bonchev–Trinajstić information content (AvgIpc) is 3.17. The van der Waals surface area contributed by atoms with Crippen molar-refractivity contribution in [3.8, 4) is 11.9 Å². The summed E-state index contributed by atoms with van der Waals surface area (Å²) in [6.45, 7) is 1.20. The van der Waals surface area contributed by atoms with Gasteiger partial charge in [0.15, 0.2) is 11.2 Å². The Hall–Kier alpha value is -3.09. The van der Waals surface area contributed by atoms with Crippen LogP contribution in [0.25, 0.3) is 16.6 Å². The molecule has 2 aromatic carbocycles. The molecule has 4 aromatic rings. The van der Waals surface area contributed by atoms with Crippen molar-refractivity contribution in [2.75, 3.05) is 13.1 Å². The van der Waals surface area contributed by atoms with Crippen molar-refractivity contribution in [1.82, 2.24) is 19.5 Å². The van der Waals surface area contributed by atoms with E-state index < -0.39 is 6.23 Å². The van der Waals surface area contributed by atoms with Crippen LogP contribution in [0.5, 0.6) is 5.88 Å². The summed E-state index contributed by atoms with van der Waals surface area (Å²) in [5.74, 6) is 0.115. The lowest BCUT2D eigenvalue weighted by Gasteiger charge is -2.34. The van der Waals surface area contributed by atoms with Gasteiger partial charge in [0.25, 0.3) is 11.4 Å². The van der Waals surface area contributed by atoms with Crippen molar-refractivity contribution in [2.45, 2.75) is 25.2 Å². The second-order valence-electron chi connectivity index (χ2n) is 7.95. The van der Waals surface area contributed by atoms with Crippen molar-refractivity contribution in [1.29, 1.82) is 5.26 Å². The zero-order valence-corrected chi connectivity index (χ0v) is 18.8. The largest absolute Gasteiger partial charge is 0.472 e. The van der Waals surface area contributed by atoms with Crippen LogP contribution in [0.4, 0.5) is 0 Å². The van der Waals surface area contributed by atoms with Gasteiger partial charge in [-0.15, -0.1) is 5.10 Å². The molecule has 0 spiro atoms. The molecule has 1 fully saturated rings. The number of aliphatic hydroxyl groups is 1. The third kappa shape index (κ3) is 4.05. The maximum atomic E-state index is 12.9. The fourth-order valence-corrected chi connectivity index (χ4v) is 4.43. The lowest BCUT2D eigenvalue weighted by atomic mass is 10.1. The van der Waals surface area contributed by atoms with Crippen LogP contribution in [0.2, 0.25) is 10.0 Å². The summed E-state index contributed by atoms with van der Waals surface area (Å²) in [5, 5.41) is 26.1. The molecule has 2 N–H and O–H groups in total. The van der Waals surface area contributed by atoms with Gasteiger partial charge < -0.3 is 14.8 Å². The number of likely N-dealkylation sites (tertiary alicyclic amines) is 1. The molecule has 0 radical (unpaired) electrons. The molecule has 1 aliphatic heterocycles. The first-order valence-corrected chi connectivity index (χ1v) is 11.2. The molecule has 168 valence electrons. The highest BCUT2D eigenvalue weighted by Crippen LogP contribution is 2.28. The zero-order valence-electron chi connectivity index (χ0n) is 17.3. The number of nitrogens with one attached hydrogen (secondary N) is 1. The van der Waals surface area contributed by atoms with Crippen LogP contribution in [0.15, 0.2) is 47.3 Å². The number of fused-ring (bicyclic) bond motifs is 2. The van der Waals surface area contributed by atoms with E-state index in [9.17, 15) is 15.2 Å². The zero-order chi connectivity index (χ0) is 23.1. The third-order valence-corrected chi connectivity index (χ3v) is 6.38. The summed E-state index contributed by atoms with van der Waals surface area (Å²) in [6.07, 6.45) is 0.337. The Bertz CT molecular complexity index is 1430. The molecule has 0 amide bonds. The maximum Gasteiger partial charge on any atom is 0.282 e. The molecule has 1 saturated heterocycles. The Kier molecular flexibility index (Phi) is 5.72. The second kappa shape index (κ2) is 8.69. The minimum atomic E-state index is -0.732. The number of piperidine rings is 1. The Balaban J connectivity index is 1.36. The average molecular weight is 484 g/mol. The molecule has 1 atom stereocenters. The van der Waals surface area contributed by atoms with Crippen molar-refractivity contribution in [2.24, 2.45) is 0 Å². The molecule has 1 unspecified atom stereocenters. The number of aliphatic hydroxyl groups excluding tert-OH is 1. The Labute approximate surface area is 198 Å². The Morgan fingerprint density at radius 1 is 1.15 bits per heavy atom. The van der Waals surface area contributed by atoms with Gasteiger partial charge in [0.1, 0.15) is 18.4 Å². The number of ether oxygens (including phenoxy) is 1. The van der Waals surface area contributed by atoms with Gasteiger partial charge in [-0.25, -0.2) is 0 Å². The van der Waals surface area contributed by atoms with E-state index in [1.54, 1.807) is 42.5 Å². The summed E-state index contributed by atoms with van der Waals surface area (Å²) in [6, 6.07) is 14.1. The van der Waals surface area contributed by atoms with Gasteiger partial charge in [0.05, 0.1) is 10.9 Å². The van der Waals surface area contributed by atoms with Crippen LogP contribution in [0.3, 0.4) is 0 Å². The molecular weight excluding hydrogens is 465 g/mol. The number of aromatic nitrogens is 3. The lowest BCUT2D eigenvalue weighted by molar-refractivity contribution is -0.0308. The van der Waals surface area contributed by atoms with E-state index in [4.69, 9.17) is 27.9 Å². The number of hydrogen-bond donors (Lipinski definition) is 2. The number of halogens is 2. The number of nitriles is 1. The second-order valence-corrected chi connectivity index (χ2v) is 8.82. The van der Waals surface area contributed by atoms with Gasteiger partial charge in [-0.3, -0.25) is 9.69 Å². The van der Waals surface area contributed by atoms with E-state index in [2.05, 4.69) is 16.2 Å². The first kappa shape index (κ1) is 21.7. The fourth-order valence-electron chi connectivity index (χ4n) is 4.13. The van der Waals surface area contributed by atoms with Crippen LogP contribution in [-0.2, 0) is 0 Å². The van der Waals surface area contributed by atoms with Crippen molar-refractivity contribution >= 4 is 39.8 Å². The molecule has 33 heavy (non-hydrogen) atoms. The molecule has 8 nitrogen and oxygen atoms in total. The minimum absolute atomic E-state index is 0.115. The van der Waals surface area contributed by atoms with Crippen LogP contribution >= 0.6 is 23.2 Å². The molecule has 0 aliphatic carbocycles. The molecule has 2 aromatic heterocycles. The van der Waals surface area contributed by atoms with E-state index in [-0.39, 0.29) is 28.8 Å². The molecule has 1 aliphatic rings. The monoisotopic (exact) mass is 483 g/mol. The topological polar surface area (TPSA) is 107 Å². The van der Waals surface area contributed by atoms with Crippen LogP contribution in [0.1, 0.15) is 30.2 Å². The number of rotatable bonds is 4. The number of nitrogens with zero attached hydrogens (tertiary/aromatic N) is 4. The van der Waals surface area contributed by atoms with Crippen molar-refractivity contribution in [3.63, 3.8) is 0 Å². The number of benzene rings is 2. The molecule has 10 heteroatoms. The molecule has 0 saturated carbocycles. The number of hydrogen-bond acceptors (Lipinski definition) is 6. The van der Waals surface area contributed by atoms with Crippen molar-refractivity contribution < 1.29 is 9.84 Å². The van der Waals surface area contributed by atoms with E-state index in [0.29, 0.717) is 46.9 Å². The predicted octanol–water partition coefficient (Wildman–Crippen LogP) is 3.89. The lowest BCUT2D eigenvalue weighted by Crippen LogP contribution is -2.40. The first-order valence-electron chi connectivity index (χ1n) is 10.4. The van der Waals surface area contributed by atoms with Crippen LogP contribution < -0.4 is 10.3 Å². The summed E-state index contributed by atoms with van der Waals surface area (Å²) >= 11 is 12.0. The molecule has 3 heterocycles. The van der Waals surface area contributed by atoms with Crippen LogP contribution in [-0.4, -0.2) is 43.8 Å². The van der Waals surface area contributed by atoms with E-state index in [0.717, 1.165) is 10.1 Å². The predicted molar refractivity (Wildman–Crippen MR) is 125 cm³/mol. The SMILES string of the molecule is N#Cc1c(OC2CCN(C(O)c3ccc(Cl)cc3)CC2)nn2c(=O)c3cc(Cl)ccc3[nH]c12. The third-order valence-electron chi connectivity index (χ3n) is 5.89. The first-order chi connectivity index (χ1) is 15.9. The highest BCUT2D eigenvalue weighted by atomic mass is 35.5. The summed E-state index contributed by atoms with van der Waals surface area (Å²) < 4.78 is 7.20. The maximum absolute atomic E-state index is 12.9. The minimum Gasteiger partial charge on any atom is -0.472 e. The number of H-pyrrole nitrogens is 1. The van der Waals surface area contributed by atoms with Gasteiger partial charge in [-0.2, -0.15) is 9.78 Å². The quantitative estimate of drug-likeness (QED) is 0.455. The fraction of sp³-hybridized carbons (Fsp3) is 0.261. The normalized spacial score (nSPS) is 16.2. The highest BCUT2D eigenvalue weighted by molar-refractivity contribution is 6.31. The van der Waals surface area contributed by atoms with Gasteiger partial charge >= 0.3 is 0 Å². The Morgan fingerprint density at radius 3 is 2.55 bits per heavy atom. The summed E-state index contributed by atoms with van der Waals surface area (Å²) in [4.78, 5) is 17.9. The molecular formula is C23H19Cl2N5O3. The van der Waals surface area contributed by atoms with E-state index in [1.807, 2.05) is 4.90 Å². The van der Waals surface area contributed by atoms with Gasteiger partial charge in [0.2, 0.25) is 0 Å². The number of aromatic amines is 1. The summed E-state index contributed by atoms with van der Waals surface area (Å²) in [5.41, 5.74) is 1.41. The van der Waals surface area contributed by atoms with Crippen LogP contribution in [0, 0.1) is 11.3 Å². The van der Waals surface area contributed by atoms with Gasteiger partial charge in [-0.1, -0.05) is 35.3 Å². The molecule has 5 rings (SSSR count). The van der Waals surface area contributed by atoms with Gasteiger partial charge in [-0.05, 0) is 48.7 Å². The molecule has 0 bridgehead atoms. The smallest absolute Gasteiger partial charge is 0.282 e. The van der Waals surface area contributed by atoms with E-state index >= 15 is 0 Å².